The van der Waals surface area contributed by atoms with Crippen LogP contribution in [0.5, 0.6) is 0 Å². The van der Waals surface area contributed by atoms with Gasteiger partial charge < -0.3 is 10.6 Å². The molecule has 1 atom stereocenters. The largest absolute Gasteiger partial charge is 0.381 e. The van der Waals surface area contributed by atoms with E-state index >= 15 is 0 Å². The number of benzene rings is 2. The third-order valence-corrected chi connectivity index (χ3v) is 3.25. The number of halogens is 1. The third-order valence-electron chi connectivity index (χ3n) is 3.01. The summed E-state index contributed by atoms with van der Waals surface area (Å²) in [4.78, 5) is 0. The molecule has 0 saturated heterocycles. The maximum Gasteiger partial charge on any atom is 0.0687 e. The maximum absolute atomic E-state index is 5.96. The highest BCUT2D eigenvalue weighted by molar-refractivity contribution is 6.31. The van der Waals surface area contributed by atoms with Gasteiger partial charge in [0, 0.05) is 11.6 Å². The zero-order valence-electron chi connectivity index (χ0n) is 9.28. The molecule has 2 nitrogen and oxygen atoms in total. The van der Waals surface area contributed by atoms with Crippen LogP contribution >= 0.6 is 11.6 Å². The van der Waals surface area contributed by atoms with Crippen molar-refractivity contribution in [1.29, 1.82) is 0 Å². The van der Waals surface area contributed by atoms with Gasteiger partial charge in [0.2, 0.25) is 0 Å². The number of nitrogens with one attached hydrogen (secondary N) is 2. The zero-order valence-corrected chi connectivity index (χ0v) is 10.0. The van der Waals surface area contributed by atoms with Crippen molar-refractivity contribution in [3.05, 3.63) is 59.1 Å². The van der Waals surface area contributed by atoms with Crippen molar-refractivity contribution in [3.8, 4) is 0 Å². The zero-order chi connectivity index (χ0) is 11.7. The summed E-state index contributed by atoms with van der Waals surface area (Å²) in [6.07, 6.45) is 0. The molecule has 0 bridgehead atoms. The molecule has 1 aliphatic heterocycles. The lowest BCUT2D eigenvalue weighted by Crippen LogP contribution is -2.25. The Labute approximate surface area is 106 Å². The van der Waals surface area contributed by atoms with Crippen molar-refractivity contribution in [2.24, 2.45) is 0 Å². The van der Waals surface area contributed by atoms with Gasteiger partial charge in [-0.15, -0.1) is 0 Å². The summed E-state index contributed by atoms with van der Waals surface area (Å²) in [5.74, 6) is 0. The van der Waals surface area contributed by atoms with Crippen LogP contribution in [0.15, 0.2) is 48.5 Å². The average molecular weight is 245 g/mol. The molecule has 0 aromatic heterocycles. The van der Waals surface area contributed by atoms with Crippen molar-refractivity contribution in [1.82, 2.24) is 0 Å². The highest BCUT2D eigenvalue weighted by atomic mass is 35.5. The highest BCUT2D eigenvalue weighted by Crippen LogP contribution is 2.33. The van der Waals surface area contributed by atoms with Crippen molar-refractivity contribution in [2.75, 3.05) is 17.2 Å². The summed E-state index contributed by atoms with van der Waals surface area (Å²) in [6.45, 7) is 0.872. The summed E-state index contributed by atoms with van der Waals surface area (Å²) >= 11 is 5.96. The SMILES string of the molecule is Clc1ccc2c(c1)NC[C@@H](c1ccccc1)N2. The van der Waals surface area contributed by atoms with Crippen LogP contribution in [0.2, 0.25) is 5.02 Å². The number of hydrogen-bond donors (Lipinski definition) is 2. The predicted molar refractivity (Wildman–Crippen MR) is 72.7 cm³/mol. The molecule has 0 radical (unpaired) electrons. The molecule has 2 aromatic rings. The van der Waals surface area contributed by atoms with E-state index in [-0.39, 0.29) is 0 Å². The van der Waals surface area contributed by atoms with E-state index < -0.39 is 0 Å². The summed E-state index contributed by atoms with van der Waals surface area (Å²) < 4.78 is 0. The van der Waals surface area contributed by atoms with Crippen LogP contribution in [0, 0.1) is 0 Å². The predicted octanol–water partition coefficient (Wildman–Crippen LogP) is 3.92. The summed E-state index contributed by atoms with van der Waals surface area (Å²) in [7, 11) is 0. The van der Waals surface area contributed by atoms with Crippen molar-refractivity contribution < 1.29 is 0 Å². The first-order chi connectivity index (χ1) is 8.33. The van der Waals surface area contributed by atoms with Crippen LogP contribution < -0.4 is 10.6 Å². The van der Waals surface area contributed by atoms with Crippen LogP contribution in [-0.2, 0) is 0 Å². The minimum absolute atomic E-state index is 0.310. The molecule has 0 amide bonds. The minimum atomic E-state index is 0.310. The summed E-state index contributed by atoms with van der Waals surface area (Å²) in [5.41, 5.74) is 3.47. The maximum atomic E-state index is 5.96. The molecule has 17 heavy (non-hydrogen) atoms. The smallest absolute Gasteiger partial charge is 0.0687 e. The molecule has 0 fully saturated rings. The van der Waals surface area contributed by atoms with Crippen LogP contribution in [0.4, 0.5) is 11.4 Å². The Hall–Kier alpha value is -1.67. The van der Waals surface area contributed by atoms with E-state index in [1.165, 1.54) is 5.56 Å². The van der Waals surface area contributed by atoms with Gasteiger partial charge in [0.05, 0.1) is 17.4 Å². The fraction of sp³-hybridized carbons (Fsp3) is 0.143. The molecule has 0 unspecified atom stereocenters. The molecule has 0 saturated carbocycles. The first-order valence-corrected chi connectivity index (χ1v) is 6.05. The number of rotatable bonds is 1. The van der Waals surface area contributed by atoms with Gasteiger partial charge in [-0.25, -0.2) is 0 Å². The highest BCUT2D eigenvalue weighted by Gasteiger charge is 2.18. The Balaban J connectivity index is 1.88. The Morgan fingerprint density at radius 1 is 1.00 bits per heavy atom. The van der Waals surface area contributed by atoms with Gasteiger partial charge in [0.1, 0.15) is 0 Å². The molecular formula is C14H13ClN2. The standard InChI is InChI=1S/C14H13ClN2/c15-11-6-7-12-13(8-11)16-9-14(17-12)10-4-2-1-3-5-10/h1-8,14,16-17H,9H2/t14-/m0/s1. The first-order valence-electron chi connectivity index (χ1n) is 5.68. The van der Waals surface area contributed by atoms with Crippen LogP contribution in [0.3, 0.4) is 0 Å². The molecular weight excluding hydrogens is 232 g/mol. The van der Waals surface area contributed by atoms with Gasteiger partial charge in [-0.1, -0.05) is 41.9 Å². The number of hydrogen-bond acceptors (Lipinski definition) is 2. The Morgan fingerprint density at radius 2 is 1.82 bits per heavy atom. The summed E-state index contributed by atoms with van der Waals surface area (Å²) in [6, 6.07) is 16.6. The molecule has 2 aromatic carbocycles. The van der Waals surface area contributed by atoms with Gasteiger partial charge in [-0.3, -0.25) is 0 Å². The van der Waals surface area contributed by atoms with E-state index in [9.17, 15) is 0 Å². The second-order valence-electron chi connectivity index (χ2n) is 4.18. The monoisotopic (exact) mass is 244 g/mol. The van der Waals surface area contributed by atoms with E-state index in [2.05, 4.69) is 34.9 Å². The molecule has 2 N–H and O–H groups in total. The van der Waals surface area contributed by atoms with Crippen molar-refractivity contribution in [3.63, 3.8) is 0 Å². The third kappa shape index (κ3) is 2.08. The van der Waals surface area contributed by atoms with Gasteiger partial charge in [-0.2, -0.15) is 0 Å². The fourth-order valence-electron chi connectivity index (χ4n) is 2.13. The van der Waals surface area contributed by atoms with E-state index in [0.29, 0.717) is 6.04 Å². The lowest BCUT2D eigenvalue weighted by molar-refractivity contribution is 0.804. The van der Waals surface area contributed by atoms with Gasteiger partial charge in [-0.05, 0) is 23.8 Å². The average Bonchev–Trinajstić information content (AvgIpc) is 2.39. The fourth-order valence-corrected chi connectivity index (χ4v) is 2.30. The molecule has 3 rings (SSSR count). The van der Waals surface area contributed by atoms with E-state index in [4.69, 9.17) is 11.6 Å². The van der Waals surface area contributed by atoms with Crippen LogP contribution in [-0.4, -0.2) is 6.54 Å². The number of fused-ring (bicyclic) bond motifs is 1. The molecule has 1 aliphatic rings. The van der Waals surface area contributed by atoms with E-state index in [1.54, 1.807) is 0 Å². The molecule has 86 valence electrons. The summed E-state index contributed by atoms with van der Waals surface area (Å²) in [5, 5.41) is 7.68. The topological polar surface area (TPSA) is 24.1 Å². The van der Waals surface area contributed by atoms with Crippen molar-refractivity contribution >= 4 is 23.0 Å². The Bertz CT molecular complexity index is 525. The molecule has 3 heteroatoms. The van der Waals surface area contributed by atoms with Crippen molar-refractivity contribution in [2.45, 2.75) is 6.04 Å². The molecule has 0 spiro atoms. The lowest BCUT2D eigenvalue weighted by atomic mass is 10.0. The van der Waals surface area contributed by atoms with Gasteiger partial charge in [0.15, 0.2) is 0 Å². The Morgan fingerprint density at radius 3 is 2.65 bits per heavy atom. The van der Waals surface area contributed by atoms with E-state index in [0.717, 1.165) is 22.9 Å². The lowest BCUT2D eigenvalue weighted by Gasteiger charge is -2.28. The minimum Gasteiger partial charge on any atom is -0.381 e. The quantitative estimate of drug-likeness (QED) is 0.795. The number of anilines is 2. The van der Waals surface area contributed by atoms with Crippen LogP contribution in [0.25, 0.3) is 0 Å². The van der Waals surface area contributed by atoms with Gasteiger partial charge >= 0.3 is 0 Å². The molecule has 0 aliphatic carbocycles. The van der Waals surface area contributed by atoms with E-state index in [1.807, 2.05) is 24.3 Å². The van der Waals surface area contributed by atoms with Crippen LogP contribution in [0.1, 0.15) is 11.6 Å². The van der Waals surface area contributed by atoms with Gasteiger partial charge in [0.25, 0.3) is 0 Å². The normalized spacial score (nSPS) is 17.8. The second-order valence-corrected chi connectivity index (χ2v) is 4.61. The second kappa shape index (κ2) is 4.30. The Kier molecular flexibility index (Phi) is 2.65. The molecule has 1 heterocycles. The first kappa shape index (κ1) is 10.5.